The van der Waals surface area contributed by atoms with Crippen LogP contribution >= 0.6 is 11.3 Å². The topological polar surface area (TPSA) is 73.2 Å². The van der Waals surface area contributed by atoms with Gasteiger partial charge in [0.2, 0.25) is 0 Å². The zero-order valence-corrected chi connectivity index (χ0v) is 22.8. The molecular formula is C30H33N3O3S. The molecule has 1 aliphatic carbocycles. The Morgan fingerprint density at radius 1 is 1.03 bits per heavy atom. The summed E-state index contributed by atoms with van der Waals surface area (Å²) in [6, 6.07) is 22.5. The fraction of sp³-hybridized carbons (Fsp3) is 0.367. The Morgan fingerprint density at radius 2 is 1.59 bits per heavy atom. The molecule has 4 aromatic rings. The average Bonchev–Trinajstić information content (AvgIpc) is 3.56. The van der Waals surface area contributed by atoms with E-state index in [0.29, 0.717) is 17.5 Å². The average molecular weight is 516 g/mol. The van der Waals surface area contributed by atoms with Gasteiger partial charge in [0, 0.05) is 5.39 Å². The van der Waals surface area contributed by atoms with Gasteiger partial charge in [-0.25, -0.2) is 9.48 Å². The second-order valence-electron chi connectivity index (χ2n) is 11.0. The van der Waals surface area contributed by atoms with E-state index in [9.17, 15) is 9.59 Å². The van der Waals surface area contributed by atoms with Crippen molar-refractivity contribution in [1.82, 2.24) is 9.78 Å². The number of fused-ring (bicyclic) bond motifs is 1. The lowest BCUT2D eigenvalue weighted by Crippen LogP contribution is -2.42. The number of anilines is 1. The summed E-state index contributed by atoms with van der Waals surface area (Å²) in [5.74, 6) is -0.308. The van der Waals surface area contributed by atoms with Crippen molar-refractivity contribution < 1.29 is 9.53 Å². The Morgan fingerprint density at radius 3 is 2.08 bits per heavy atom. The van der Waals surface area contributed by atoms with Crippen LogP contribution in [0.25, 0.3) is 10.1 Å². The molecule has 2 aromatic carbocycles. The van der Waals surface area contributed by atoms with Gasteiger partial charge in [-0.15, -0.1) is 11.3 Å². The van der Waals surface area contributed by atoms with Crippen LogP contribution in [0.1, 0.15) is 76.2 Å². The van der Waals surface area contributed by atoms with Gasteiger partial charge in [0.05, 0.1) is 16.7 Å². The summed E-state index contributed by atoms with van der Waals surface area (Å²) in [5, 5.41) is 10.2. The smallest absolute Gasteiger partial charge is 0.334 e. The zero-order valence-electron chi connectivity index (χ0n) is 21.9. The highest BCUT2D eigenvalue weighted by Crippen LogP contribution is 2.45. The second-order valence-corrected chi connectivity index (χ2v) is 12.1. The van der Waals surface area contributed by atoms with Crippen LogP contribution in [0, 0.1) is 0 Å². The molecule has 1 saturated carbocycles. The second kappa shape index (κ2) is 9.45. The molecule has 192 valence electrons. The number of thiophene rings is 1. The van der Waals surface area contributed by atoms with Gasteiger partial charge in [0.1, 0.15) is 10.3 Å². The third kappa shape index (κ3) is 4.92. The highest BCUT2D eigenvalue weighted by atomic mass is 32.1. The van der Waals surface area contributed by atoms with E-state index >= 15 is 0 Å². The molecule has 0 unspecified atom stereocenters. The van der Waals surface area contributed by atoms with E-state index in [1.807, 2.05) is 63.2 Å². The van der Waals surface area contributed by atoms with Crippen molar-refractivity contribution >= 4 is 32.4 Å². The van der Waals surface area contributed by atoms with E-state index in [2.05, 4.69) is 43.4 Å². The van der Waals surface area contributed by atoms with Crippen molar-refractivity contribution in [3.8, 4) is 0 Å². The first-order valence-corrected chi connectivity index (χ1v) is 13.6. The van der Waals surface area contributed by atoms with Crippen LogP contribution in [-0.2, 0) is 15.1 Å². The third-order valence-electron chi connectivity index (χ3n) is 6.61. The summed E-state index contributed by atoms with van der Waals surface area (Å²) in [4.78, 5) is 26.9. The number of ether oxygens (including phenoxy) is 1. The number of benzene rings is 2. The Hall–Kier alpha value is -3.45. The fourth-order valence-electron chi connectivity index (χ4n) is 4.62. The van der Waals surface area contributed by atoms with Crippen molar-refractivity contribution in [3.05, 3.63) is 93.9 Å². The molecule has 1 fully saturated rings. The zero-order chi connectivity index (χ0) is 26.4. The van der Waals surface area contributed by atoms with Crippen molar-refractivity contribution in [1.29, 1.82) is 0 Å². The minimum Gasteiger partial charge on any atom is -0.458 e. The van der Waals surface area contributed by atoms with E-state index in [1.54, 1.807) is 0 Å². The molecule has 0 bridgehead atoms. The summed E-state index contributed by atoms with van der Waals surface area (Å²) < 4.78 is 7.71. The van der Waals surface area contributed by atoms with Gasteiger partial charge in [0.25, 0.3) is 5.56 Å². The Kier molecular flexibility index (Phi) is 6.44. The van der Waals surface area contributed by atoms with Crippen molar-refractivity contribution in [2.45, 2.75) is 70.6 Å². The number of carbonyl (C=O) groups is 1. The van der Waals surface area contributed by atoms with Gasteiger partial charge in [-0.05, 0) is 56.7 Å². The Balaban J connectivity index is 1.59. The monoisotopic (exact) mass is 515 g/mol. The largest absolute Gasteiger partial charge is 0.458 e. The highest BCUT2D eigenvalue weighted by Gasteiger charge is 2.56. The van der Waals surface area contributed by atoms with Gasteiger partial charge in [-0.3, -0.25) is 4.79 Å². The molecule has 0 radical (unpaired) electrons. The standard InChI is InChI=1S/C30H33N3O3S/c1-19(2)24-22-18-23(31-25(20-12-8-6-9-13-20)21-14-10-7-11-15-21)37-26(22)27(34)33(32-24)30(16-17-30)28(35)36-29(3,4)5/h6-15,18-19,25,31H,16-17H2,1-5H3. The SMILES string of the molecule is CC(C)c1nn(C2(C(=O)OC(C)(C)C)CC2)c(=O)c2sc(NC(c3ccccc3)c3ccccc3)cc12. The minimum atomic E-state index is -1.02. The number of carbonyl (C=O) groups excluding carboxylic acids is 1. The maximum absolute atomic E-state index is 13.8. The van der Waals surface area contributed by atoms with Crippen LogP contribution in [0.15, 0.2) is 71.5 Å². The number of hydrogen-bond acceptors (Lipinski definition) is 6. The van der Waals surface area contributed by atoms with Crippen LogP contribution < -0.4 is 10.9 Å². The van der Waals surface area contributed by atoms with E-state index in [1.165, 1.54) is 16.0 Å². The Bertz CT molecular complexity index is 1440. The molecule has 6 nitrogen and oxygen atoms in total. The lowest BCUT2D eigenvalue weighted by Gasteiger charge is -2.25. The maximum atomic E-state index is 13.8. The Labute approximate surface area is 221 Å². The van der Waals surface area contributed by atoms with Crippen LogP contribution in [0.5, 0.6) is 0 Å². The van der Waals surface area contributed by atoms with Gasteiger partial charge < -0.3 is 10.1 Å². The van der Waals surface area contributed by atoms with E-state index < -0.39 is 11.1 Å². The molecule has 1 N–H and O–H groups in total. The first kappa shape index (κ1) is 25.2. The summed E-state index contributed by atoms with van der Waals surface area (Å²) in [6.45, 7) is 9.64. The first-order valence-electron chi connectivity index (χ1n) is 12.8. The van der Waals surface area contributed by atoms with E-state index in [-0.39, 0.29) is 23.5 Å². The molecular weight excluding hydrogens is 482 g/mol. The highest BCUT2D eigenvalue weighted by molar-refractivity contribution is 7.22. The van der Waals surface area contributed by atoms with Crippen LogP contribution in [0.4, 0.5) is 5.00 Å². The van der Waals surface area contributed by atoms with Crippen molar-refractivity contribution in [2.24, 2.45) is 0 Å². The van der Waals surface area contributed by atoms with Gasteiger partial charge in [0.15, 0.2) is 5.54 Å². The summed E-state index contributed by atoms with van der Waals surface area (Å²) in [5.41, 5.74) is 1.18. The number of hydrogen-bond donors (Lipinski definition) is 1. The molecule has 0 saturated heterocycles. The van der Waals surface area contributed by atoms with Crippen LogP contribution in [0.2, 0.25) is 0 Å². The molecule has 2 aromatic heterocycles. The van der Waals surface area contributed by atoms with Crippen molar-refractivity contribution in [2.75, 3.05) is 5.32 Å². The number of nitrogens with one attached hydrogen (secondary N) is 1. The third-order valence-corrected chi connectivity index (χ3v) is 7.66. The summed E-state index contributed by atoms with van der Waals surface area (Å²) >= 11 is 1.42. The number of nitrogens with zero attached hydrogens (tertiary/aromatic N) is 2. The van der Waals surface area contributed by atoms with Crippen LogP contribution in [-0.4, -0.2) is 21.4 Å². The summed E-state index contributed by atoms with van der Waals surface area (Å²) in [6.07, 6.45) is 1.11. The van der Waals surface area contributed by atoms with Gasteiger partial charge >= 0.3 is 5.97 Å². The van der Waals surface area contributed by atoms with Crippen LogP contribution in [0.3, 0.4) is 0 Å². The van der Waals surface area contributed by atoms with Gasteiger partial charge in [-0.2, -0.15) is 5.10 Å². The molecule has 37 heavy (non-hydrogen) atoms. The molecule has 0 atom stereocenters. The first-order chi connectivity index (χ1) is 17.6. The van der Waals surface area contributed by atoms with E-state index in [4.69, 9.17) is 9.84 Å². The number of rotatable bonds is 7. The molecule has 0 amide bonds. The molecule has 7 heteroatoms. The van der Waals surface area contributed by atoms with Crippen molar-refractivity contribution in [3.63, 3.8) is 0 Å². The maximum Gasteiger partial charge on any atom is 0.334 e. The predicted molar refractivity (Wildman–Crippen MR) is 149 cm³/mol. The summed E-state index contributed by atoms with van der Waals surface area (Å²) in [7, 11) is 0. The molecule has 0 spiro atoms. The minimum absolute atomic E-state index is 0.0743. The number of aromatic nitrogens is 2. The quantitative estimate of drug-likeness (QED) is 0.280. The lowest BCUT2D eigenvalue weighted by molar-refractivity contribution is -0.161. The van der Waals surface area contributed by atoms with E-state index in [0.717, 1.165) is 27.2 Å². The van der Waals surface area contributed by atoms with Gasteiger partial charge in [-0.1, -0.05) is 74.5 Å². The molecule has 5 rings (SSSR count). The molecule has 2 heterocycles. The molecule has 0 aliphatic heterocycles. The normalized spacial score (nSPS) is 14.8. The predicted octanol–water partition coefficient (Wildman–Crippen LogP) is 6.61. The lowest BCUT2D eigenvalue weighted by atomic mass is 9.99. The number of esters is 1. The molecule has 1 aliphatic rings. The fourth-order valence-corrected chi connectivity index (χ4v) is 5.64.